The van der Waals surface area contributed by atoms with Crippen molar-refractivity contribution in [3.63, 3.8) is 0 Å². The average molecular weight is 168 g/mol. The van der Waals surface area contributed by atoms with Crippen LogP contribution < -0.4 is 0 Å². The molecule has 0 atom stereocenters. The van der Waals surface area contributed by atoms with Crippen LogP contribution in [-0.2, 0) is 0 Å². The van der Waals surface area contributed by atoms with Gasteiger partial charge in [-0.25, -0.2) is 0 Å². The number of allylic oxidation sites excluding steroid dienone is 2. The van der Waals surface area contributed by atoms with Crippen molar-refractivity contribution < 1.29 is 0 Å². The van der Waals surface area contributed by atoms with Crippen LogP contribution in [0.2, 0.25) is 0 Å². The van der Waals surface area contributed by atoms with Gasteiger partial charge in [0.15, 0.2) is 0 Å². The van der Waals surface area contributed by atoms with Crippen molar-refractivity contribution in [2.45, 2.75) is 41.5 Å². The van der Waals surface area contributed by atoms with Gasteiger partial charge in [-0.05, 0) is 10.8 Å². The SMILES string of the molecule is C=CC(C)(C)C.C=CC(C)(C)C. The summed E-state index contributed by atoms with van der Waals surface area (Å²) in [6, 6.07) is 0. The highest BCUT2D eigenvalue weighted by Crippen LogP contribution is 2.12. The Morgan fingerprint density at radius 2 is 0.750 bits per heavy atom. The monoisotopic (exact) mass is 168 g/mol. The van der Waals surface area contributed by atoms with E-state index in [1.54, 1.807) is 0 Å². The molecule has 0 saturated heterocycles. The first-order chi connectivity index (χ1) is 5.12. The van der Waals surface area contributed by atoms with Crippen LogP contribution in [-0.4, -0.2) is 0 Å². The fourth-order valence-corrected chi connectivity index (χ4v) is 0. The first kappa shape index (κ1) is 14.0. The van der Waals surface area contributed by atoms with Crippen molar-refractivity contribution in [1.82, 2.24) is 0 Å². The standard InChI is InChI=1S/2C6H12/c2*1-5-6(2,3)4/h2*5H,1H2,2-4H3. The summed E-state index contributed by atoms with van der Waals surface area (Å²) in [7, 11) is 0. The van der Waals surface area contributed by atoms with E-state index in [-0.39, 0.29) is 0 Å². The lowest BCUT2D eigenvalue weighted by Gasteiger charge is -2.08. The largest absolute Gasteiger partial charge is 0.103 e. The van der Waals surface area contributed by atoms with Crippen LogP contribution >= 0.6 is 0 Å². The zero-order chi connectivity index (χ0) is 10.4. The van der Waals surface area contributed by atoms with Crippen LogP contribution in [0.5, 0.6) is 0 Å². The summed E-state index contributed by atoms with van der Waals surface area (Å²) >= 11 is 0. The third-order valence-electron chi connectivity index (χ3n) is 1.22. The van der Waals surface area contributed by atoms with E-state index in [1.807, 2.05) is 12.2 Å². The van der Waals surface area contributed by atoms with E-state index in [2.05, 4.69) is 54.7 Å². The van der Waals surface area contributed by atoms with Gasteiger partial charge in [-0.1, -0.05) is 53.7 Å². The molecule has 0 aromatic carbocycles. The second-order valence-electron chi connectivity index (χ2n) is 5.14. The maximum atomic E-state index is 3.63. The molecule has 0 unspecified atom stereocenters. The van der Waals surface area contributed by atoms with E-state index in [9.17, 15) is 0 Å². The average Bonchev–Trinajstić information content (AvgIpc) is 1.86. The van der Waals surface area contributed by atoms with Crippen LogP contribution in [0.15, 0.2) is 25.3 Å². The van der Waals surface area contributed by atoms with E-state index in [0.29, 0.717) is 10.8 Å². The molecule has 0 radical (unpaired) electrons. The Morgan fingerprint density at radius 1 is 0.667 bits per heavy atom. The predicted octanol–water partition coefficient (Wildman–Crippen LogP) is 4.44. The van der Waals surface area contributed by atoms with E-state index < -0.39 is 0 Å². The maximum Gasteiger partial charge on any atom is -0.0206 e. The first-order valence-corrected chi connectivity index (χ1v) is 4.39. The van der Waals surface area contributed by atoms with Gasteiger partial charge < -0.3 is 0 Å². The summed E-state index contributed by atoms with van der Waals surface area (Å²) in [5.74, 6) is 0. The molecule has 0 N–H and O–H groups in total. The van der Waals surface area contributed by atoms with Crippen molar-refractivity contribution in [2.75, 3.05) is 0 Å². The topological polar surface area (TPSA) is 0 Å². The molecule has 0 heterocycles. The summed E-state index contributed by atoms with van der Waals surface area (Å²) in [5.41, 5.74) is 0.611. The minimum Gasteiger partial charge on any atom is -0.103 e. The van der Waals surface area contributed by atoms with Crippen molar-refractivity contribution >= 4 is 0 Å². The molecule has 0 aromatic rings. The number of rotatable bonds is 0. The molecule has 0 saturated carbocycles. The Kier molecular flexibility index (Phi) is 6.06. The van der Waals surface area contributed by atoms with Crippen molar-refractivity contribution in [1.29, 1.82) is 0 Å². The van der Waals surface area contributed by atoms with Gasteiger partial charge in [0.05, 0.1) is 0 Å². The Bertz CT molecular complexity index is 109. The van der Waals surface area contributed by atoms with Crippen LogP contribution in [0.1, 0.15) is 41.5 Å². The quantitative estimate of drug-likeness (QED) is 0.469. The molecular weight excluding hydrogens is 144 g/mol. The van der Waals surface area contributed by atoms with Gasteiger partial charge in [-0.15, -0.1) is 13.2 Å². The molecule has 0 fully saturated rings. The molecule has 0 spiro atoms. The van der Waals surface area contributed by atoms with Crippen LogP contribution in [0.4, 0.5) is 0 Å². The fourth-order valence-electron chi connectivity index (χ4n) is 0. The lowest BCUT2D eigenvalue weighted by molar-refractivity contribution is 0.545. The fraction of sp³-hybridized carbons (Fsp3) is 0.667. The summed E-state index contributed by atoms with van der Waals surface area (Å²) in [5, 5.41) is 0. The highest BCUT2D eigenvalue weighted by Gasteiger charge is 2.00. The minimum absolute atomic E-state index is 0.306. The molecule has 0 aliphatic rings. The van der Waals surface area contributed by atoms with Crippen molar-refractivity contribution in [3.8, 4) is 0 Å². The molecule has 12 heavy (non-hydrogen) atoms. The smallest absolute Gasteiger partial charge is 0.0206 e. The summed E-state index contributed by atoms with van der Waals surface area (Å²) in [6.45, 7) is 20.0. The molecule has 0 heteroatoms. The van der Waals surface area contributed by atoms with Crippen LogP contribution in [0.3, 0.4) is 0 Å². The number of hydrogen-bond acceptors (Lipinski definition) is 0. The van der Waals surface area contributed by atoms with E-state index in [1.165, 1.54) is 0 Å². The summed E-state index contributed by atoms with van der Waals surface area (Å²) < 4.78 is 0. The maximum absolute atomic E-state index is 3.63. The summed E-state index contributed by atoms with van der Waals surface area (Å²) in [4.78, 5) is 0. The van der Waals surface area contributed by atoms with E-state index in [0.717, 1.165) is 0 Å². The minimum atomic E-state index is 0.306. The van der Waals surface area contributed by atoms with Gasteiger partial charge in [0.25, 0.3) is 0 Å². The van der Waals surface area contributed by atoms with Crippen molar-refractivity contribution in [3.05, 3.63) is 25.3 Å². The Morgan fingerprint density at radius 3 is 0.750 bits per heavy atom. The highest BCUT2D eigenvalue weighted by atomic mass is 14.1. The third kappa shape index (κ3) is 22.7. The van der Waals surface area contributed by atoms with Gasteiger partial charge in [-0.3, -0.25) is 0 Å². The summed E-state index contributed by atoms with van der Waals surface area (Å²) in [6.07, 6.45) is 3.88. The Labute approximate surface area is 78.4 Å². The zero-order valence-electron chi connectivity index (χ0n) is 9.57. The Balaban J connectivity index is 0. The van der Waals surface area contributed by atoms with Gasteiger partial charge in [0.2, 0.25) is 0 Å². The van der Waals surface area contributed by atoms with E-state index in [4.69, 9.17) is 0 Å². The van der Waals surface area contributed by atoms with Gasteiger partial charge >= 0.3 is 0 Å². The van der Waals surface area contributed by atoms with Crippen LogP contribution in [0.25, 0.3) is 0 Å². The second kappa shape index (κ2) is 5.18. The molecule has 0 aliphatic heterocycles. The molecule has 0 amide bonds. The van der Waals surface area contributed by atoms with Gasteiger partial charge in [-0.2, -0.15) is 0 Å². The normalized spacial score (nSPS) is 11.2. The lowest BCUT2D eigenvalue weighted by Crippen LogP contribution is -1.96. The second-order valence-corrected chi connectivity index (χ2v) is 5.14. The highest BCUT2D eigenvalue weighted by molar-refractivity contribution is 4.82. The molecule has 0 rings (SSSR count). The predicted molar refractivity (Wildman–Crippen MR) is 59.3 cm³/mol. The molecule has 0 aliphatic carbocycles. The van der Waals surface area contributed by atoms with E-state index >= 15 is 0 Å². The Hall–Kier alpha value is -0.520. The van der Waals surface area contributed by atoms with Gasteiger partial charge in [0.1, 0.15) is 0 Å². The van der Waals surface area contributed by atoms with Gasteiger partial charge in [0, 0.05) is 0 Å². The molecule has 0 nitrogen and oxygen atoms in total. The molecule has 72 valence electrons. The number of hydrogen-bond donors (Lipinski definition) is 0. The lowest BCUT2D eigenvalue weighted by atomic mass is 9.98. The van der Waals surface area contributed by atoms with Crippen LogP contribution in [0, 0.1) is 10.8 Å². The zero-order valence-corrected chi connectivity index (χ0v) is 9.57. The molecule has 0 aromatic heterocycles. The van der Waals surface area contributed by atoms with Crippen molar-refractivity contribution in [2.24, 2.45) is 10.8 Å². The first-order valence-electron chi connectivity index (χ1n) is 4.39. The molecular formula is C12H24. The third-order valence-corrected chi connectivity index (χ3v) is 1.22. The molecule has 0 bridgehead atoms.